The standard InChI is InChI=1S/C22H29N5O/c1-16-8-11-26(12-9-16)21-19-15-27(13-10-20(19)24-17(2)25-21)22(28)23-14-18-6-4-3-5-7-18/h3-7,16H,8-15H2,1-2H3,(H,23,28). The number of aromatic nitrogens is 2. The number of nitrogens with one attached hydrogen (secondary N) is 1. The number of hydrogen-bond acceptors (Lipinski definition) is 4. The largest absolute Gasteiger partial charge is 0.356 e. The molecule has 0 aliphatic carbocycles. The van der Waals surface area contributed by atoms with E-state index in [4.69, 9.17) is 4.98 Å². The first-order valence-electron chi connectivity index (χ1n) is 10.3. The lowest BCUT2D eigenvalue weighted by molar-refractivity contribution is 0.191. The number of aryl methyl sites for hydroxylation is 1. The van der Waals surface area contributed by atoms with Gasteiger partial charge in [-0.05, 0) is 31.2 Å². The molecule has 4 rings (SSSR count). The van der Waals surface area contributed by atoms with Crippen LogP contribution in [0.1, 0.15) is 42.4 Å². The lowest BCUT2D eigenvalue weighted by Gasteiger charge is -2.36. The number of rotatable bonds is 3. The minimum Gasteiger partial charge on any atom is -0.356 e. The highest BCUT2D eigenvalue weighted by Gasteiger charge is 2.28. The fourth-order valence-electron chi connectivity index (χ4n) is 4.06. The first kappa shape index (κ1) is 18.7. The van der Waals surface area contributed by atoms with Crippen molar-refractivity contribution in [1.82, 2.24) is 20.2 Å². The number of carbonyl (C=O) groups excluding carboxylic acids is 1. The second-order valence-electron chi connectivity index (χ2n) is 8.01. The van der Waals surface area contributed by atoms with Crippen molar-refractivity contribution >= 4 is 11.8 Å². The second-order valence-corrected chi connectivity index (χ2v) is 8.01. The molecule has 0 radical (unpaired) electrons. The Bertz CT molecular complexity index is 830. The van der Waals surface area contributed by atoms with Crippen LogP contribution in [0.25, 0.3) is 0 Å². The maximum atomic E-state index is 12.7. The van der Waals surface area contributed by atoms with E-state index >= 15 is 0 Å². The van der Waals surface area contributed by atoms with Gasteiger partial charge in [0.2, 0.25) is 0 Å². The molecule has 1 aromatic heterocycles. The van der Waals surface area contributed by atoms with Gasteiger partial charge in [-0.1, -0.05) is 37.3 Å². The van der Waals surface area contributed by atoms with Crippen LogP contribution >= 0.6 is 0 Å². The molecule has 28 heavy (non-hydrogen) atoms. The topological polar surface area (TPSA) is 61.4 Å². The van der Waals surface area contributed by atoms with E-state index in [1.165, 1.54) is 12.8 Å². The molecule has 1 N–H and O–H groups in total. The highest BCUT2D eigenvalue weighted by atomic mass is 16.2. The van der Waals surface area contributed by atoms with Crippen LogP contribution in [0.5, 0.6) is 0 Å². The van der Waals surface area contributed by atoms with E-state index in [1.807, 2.05) is 42.2 Å². The predicted octanol–water partition coefficient (Wildman–Crippen LogP) is 3.29. The third-order valence-electron chi connectivity index (χ3n) is 5.81. The summed E-state index contributed by atoms with van der Waals surface area (Å²) in [6.45, 7) is 8.17. The Morgan fingerprint density at radius 2 is 1.89 bits per heavy atom. The molecule has 0 saturated carbocycles. The summed E-state index contributed by atoms with van der Waals surface area (Å²) in [5.74, 6) is 2.64. The number of urea groups is 1. The number of nitrogens with zero attached hydrogens (tertiary/aromatic N) is 4. The molecule has 148 valence electrons. The van der Waals surface area contributed by atoms with Crippen molar-refractivity contribution in [3.05, 3.63) is 53.0 Å². The fraction of sp³-hybridized carbons (Fsp3) is 0.500. The lowest BCUT2D eigenvalue weighted by Crippen LogP contribution is -2.44. The van der Waals surface area contributed by atoms with Crippen molar-refractivity contribution in [2.75, 3.05) is 24.5 Å². The minimum atomic E-state index is -0.0201. The van der Waals surface area contributed by atoms with Gasteiger partial charge >= 0.3 is 6.03 Å². The first-order chi connectivity index (χ1) is 13.6. The summed E-state index contributed by atoms with van der Waals surface area (Å²) in [4.78, 5) is 26.5. The molecule has 0 spiro atoms. The summed E-state index contributed by atoms with van der Waals surface area (Å²) in [6.07, 6.45) is 3.17. The normalized spacial score (nSPS) is 17.4. The minimum absolute atomic E-state index is 0.0201. The Hall–Kier alpha value is -2.63. The smallest absolute Gasteiger partial charge is 0.317 e. The molecule has 0 unspecified atom stereocenters. The van der Waals surface area contributed by atoms with Gasteiger partial charge < -0.3 is 15.1 Å². The van der Waals surface area contributed by atoms with Gasteiger partial charge in [0.15, 0.2) is 0 Å². The van der Waals surface area contributed by atoms with Crippen molar-refractivity contribution in [2.45, 2.75) is 46.2 Å². The number of anilines is 1. The summed E-state index contributed by atoms with van der Waals surface area (Å²) in [5, 5.41) is 3.05. The third-order valence-corrected chi connectivity index (χ3v) is 5.81. The van der Waals surface area contributed by atoms with Gasteiger partial charge in [0, 0.05) is 38.2 Å². The molecule has 6 heteroatoms. The van der Waals surface area contributed by atoms with Gasteiger partial charge in [0.1, 0.15) is 11.6 Å². The van der Waals surface area contributed by atoms with Crippen molar-refractivity contribution in [2.24, 2.45) is 5.92 Å². The Morgan fingerprint density at radius 3 is 2.64 bits per heavy atom. The number of benzene rings is 1. The summed E-state index contributed by atoms with van der Waals surface area (Å²) in [5.41, 5.74) is 3.34. The van der Waals surface area contributed by atoms with Gasteiger partial charge in [-0.2, -0.15) is 0 Å². The van der Waals surface area contributed by atoms with Crippen LogP contribution in [-0.2, 0) is 19.5 Å². The second kappa shape index (κ2) is 8.17. The molecule has 1 aromatic carbocycles. The maximum absolute atomic E-state index is 12.7. The van der Waals surface area contributed by atoms with E-state index in [1.54, 1.807) is 0 Å². The summed E-state index contributed by atoms with van der Waals surface area (Å²) >= 11 is 0. The van der Waals surface area contributed by atoms with E-state index in [0.717, 1.165) is 53.9 Å². The van der Waals surface area contributed by atoms with Gasteiger partial charge in [-0.25, -0.2) is 14.8 Å². The molecule has 0 atom stereocenters. The summed E-state index contributed by atoms with van der Waals surface area (Å²) in [7, 11) is 0. The van der Waals surface area contributed by atoms with Crippen molar-refractivity contribution in [1.29, 1.82) is 0 Å². The molecule has 2 amide bonds. The first-order valence-corrected chi connectivity index (χ1v) is 10.3. The monoisotopic (exact) mass is 379 g/mol. The molecule has 2 aromatic rings. The summed E-state index contributed by atoms with van der Waals surface area (Å²) < 4.78 is 0. The van der Waals surface area contributed by atoms with Crippen LogP contribution in [0.15, 0.2) is 30.3 Å². The van der Waals surface area contributed by atoms with E-state index in [0.29, 0.717) is 19.6 Å². The van der Waals surface area contributed by atoms with Crippen LogP contribution in [0.4, 0.5) is 10.6 Å². The van der Waals surface area contributed by atoms with Crippen molar-refractivity contribution in [3.63, 3.8) is 0 Å². The van der Waals surface area contributed by atoms with Crippen molar-refractivity contribution in [3.8, 4) is 0 Å². The van der Waals surface area contributed by atoms with Crippen LogP contribution in [0.3, 0.4) is 0 Å². The zero-order valence-corrected chi connectivity index (χ0v) is 16.8. The molecule has 0 bridgehead atoms. The molecule has 3 heterocycles. The number of hydrogen-bond donors (Lipinski definition) is 1. The molecule has 1 saturated heterocycles. The molecular formula is C22H29N5O. The molecule has 2 aliphatic heterocycles. The predicted molar refractivity (Wildman–Crippen MR) is 110 cm³/mol. The average Bonchev–Trinajstić information content (AvgIpc) is 2.72. The lowest BCUT2D eigenvalue weighted by atomic mass is 9.98. The number of carbonyl (C=O) groups is 1. The zero-order valence-electron chi connectivity index (χ0n) is 16.8. The molecule has 1 fully saturated rings. The molecular weight excluding hydrogens is 350 g/mol. The number of piperidine rings is 1. The van der Waals surface area contributed by atoms with Gasteiger partial charge in [0.05, 0.1) is 12.2 Å². The van der Waals surface area contributed by atoms with Gasteiger partial charge in [-0.15, -0.1) is 0 Å². The van der Waals surface area contributed by atoms with E-state index in [2.05, 4.69) is 22.1 Å². The van der Waals surface area contributed by atoms with E-state index < -0.39 is 0 Å². The number of amides is 2. The average molecular weight is 380 g/mol. The Labute approximate surface area is 167 Å². The Balaban J connectivity index is 1.48. The van der Waals surface area contributed by atoms with Crippen LogP contribution in [-0.4, -0.2) is 40.5 Å². The Morgan fingerprint density at radius 1 is 1.14 bits per heavy atom. The maximum Gasteiger partial charge on any atom is 0.317 e. The van der Waals surface area contributed by atoms with Crippen LogP contribution in [0.2, 0.25) is 0 Å². The van der Waals surface area contributed by atoms with E-state index in [-0.39, 0.29) is 6.03 Å². The van der Waals surface area contributed by atoms with Crippen LogP contribution in [0, 0.1) is 12.8 Å². The summed E-state index contributed by atoms with van der Waals surface area (Å²) in [6, 6.07) is 10.00. The number of fused-ring (bicyclic) bond motifs is 1. The van der Waals surface area contributed by atoms with Crippen LogP contribution < -0.4 is 10.2 Å². The molecule has 6 nitrogen and oxygen atoms in total. The SMILES string of the molecule is Cc1nc2c(c(N3CCC(C)CC3)n1)CN(C(=O)NCc1ccccc1)CC2. The third kappa shape index (κ3) is 4.11. The highest BCUT2D eigenvalue weighted by Crippen LogP contribution is 2.29. The zero-order chi connectivity index (χ0) is 19.5. The van der Waals surface area contributed by atoms with Gasteiger partial charge in [0.25, 0.3) is 0 Å². The molecule has 2 aliphatic rings. The van der Waals surface area contributed by atoms with E-state index in [9.17, 15) is 4.79 Å². The fourth-order valence-corrected chi connectivity index (χ4v) is 4.06. The highest BCUT2D eigenvalue weighted by molar-refractivity contribution is 5.75. The Kier molecular flexibility index (Phi) is 5.46. The van der Waals surface area contributed by atoms with Gasteiger partial charge in [-0.3, -0.25) is 0 Å². The van der Waals surface area contributed by atoms with Crippen molar-refractivity contribution < 1.29 is 4.79 Å². The quantitative estimate of drug-likeness (QED) is 0.889.